The maximum atomic E-state index is 12.0. The molecule has 1 aromatic carbocycles. The summed E-state index contributed by atoms with van der Waals surface area (Å²) in [6.45, 7) is 3.82. The molecule has 96 valence electrons. The van der Waals surface area contributed by atoms with E-state index >= 15 is 0 Å². The van der Waals surface area contributed by atoms with Crippen molar-refractivity contribution in [2.45, 2.75) is 24.8 Å². The standard InChI is InChI=1S/C12H19NO3S/c1-9(2)12(13)8-17(14,15)11-6-4-10(16-3)5-7-11/h4-7,9,12H,8,13H2,1-3H3. The van der Waals surface area contributed by atoms with E-state index in [0.29, 0.717) is 5.75 Å². The summed E-state index contributed by atoms with van der Waals surface area (Å²) >= 11 is 0. The van der Waals surface area contributed by atoms with Crippen LogP contribution in [0, 0.1) is 5.92 Å². The molecule has 0 fully saturated rings. The van der Waals surface area contributed by atoms with Gasteiger partial charge in [0.25, 0.3) is 0 Å². The highest BCUT2D eigenvalue weighted by Crippen LogP contribution is 2.18. The van der Waals surface area contributed by atoms with Gasteiger partial charge in [0.2, 0.25) is 0 Å². The monoisotopic (exact) mass is 257 g/mol. The molecule has 5 heteroatoms. The number of hydrogen-bond donors (Lipinski definition) is 1. The molecule has 1 rings (SSSR count). The van der Waals surface area contributed by atoms with E-state index < -0.39 is 9.84 Å². The third-order valence-corrected chi connectivity index (χ3v) is 4.50. The first-order valence-electron chi connectivity index (χ1n) is 5.49. The molecule has 0 bridgehead atoms. The SMILES string of the molecule is COc1ccc(S(=O)(=O)CC(N)C(C)C)cc1. The maximum absolute atomic E-state index is 12.0. The smallest absolute Gasteiger partial charge is 0.179 e. The first-order chi connectivity index (χ1) is 7.86. The molecule has 0 saturated carbocycles. The van der Waals surface area contributed by atoms with E-state index in [-0.39, 0.29) is 22.6 Å². The highest BCUT2D eigenvalue weighted by Gasteiger charge is 2.20. The molecule has 2 N–H and O–H groups in total. The number of sulfone groups is 1. The molecule has 0 radical (unpaired) electrons. The van der Waals surface area contributed by atoms with Crippen molar-refractivity contribution in [3.8, 4) is 5.75 Å². The average molecular weight is 257 g/mol. The zero-order valence-electron chi connectivity index (χ0n) is 10.4. The molecule has 1 atom stereocenters. The Labute approximate surface area is 103 Å². The molecule has 0 aliphatic carbocycles. The summed E-state index contributed by atoms with van der Waals surface area (Å²) in [7, 11) is -1.77. The summed E-state index contributed by atoms with van der Waals surface area (Å²) in [4.78, 5) is 0.286. The first-order valence-corrected chi connectivity index (χ1v) is 7.14. The van der Waals surface area contributed by atoms with Gasteiger partial charge in [0.15, 0.2) is 9.84 Å². The van der Waals surface area contributed by atoms with Gasteiger partial charge in [0.1, 0.15) is 5.75 Å². The van der Waals surface area contributed by atoms with Crippen LogP contribution in [0.15, 0.2) is 29.2 Å². The van der Waals surface area contributed by atoms with Crippen LogP contribution < -0.4 is 10.5 Å². The molecular weight excluding hydrogens is 238 g/mol. The Morgan fingerprint density at radius 3 is 2.18 bits per heavy atom. The molecule has 0 aromatic heterocycles. The number of methoxy groups -OCH3 is 1. The van der Waals surface area contributed by atoms with E-state index in [1.54, 1.807) is 24.3 Å². The summed E-state index contributed by atoms with van der Waals surface area (Å²) in [5.74, 6) is 0.747. The quantitative estimate of drug-likeness (QED) is 0.867. The van der Waals surface area contributed by atoms with E-state index in [1.165, 1.54) is 7.11 Å². The van der Waals surface area contributed by atoms with E-state index in [1.807, 2.05) is 13.8 Å². The van der Waals surface area contributed by atoms with Crippen molar-refractivity contribution >= 4 is 9.84 Å². The van der Waals surface area contributed by atoms with Crippen LogP contribution in [-0.4, -0.2) is 27.3 Å². The fourth-order valence-electron chi connectivity index (χ4n) is 1.33. The Hall–Kier alpha value is -1.07. The Morgan fingerprint density at radius 1 is 1.24 bits per heavy atom. The Balaban J connectivity index is 2.89. The van der Waals surface area contributed by atoms with Crippen molar-refractivity contribution < 1.29 is 13.2 Å². The zero-order chi connectivity index (χ0) is 13.1. The third-order valence-electron chi connectivity index (χ3n) is 2.69. The van der Waals surface area contributed by atoms with Crippen LogP contribution in [0.25, 0.3) is 0 Å². The Morgan fingerprint density at radius 2 is 1.76 bits per heavy atom. The Bertz CT molecular complexity index is 451. The first kappa shape index (κ1) is 14.0. The third kappa shape index (κ3) is 3.71. The fourth-order valence-corrected chi connectivity index (χ4v) is 2.96. The minimum atomic E-state index is -3.31. The fraction of sp³-hybridized carbons (Fsp3) is 0.500. The second-order valence-corrected chi connectivity index (χ2v) is 6.40. The summed E-state index contributed by atoms with van der Waals surface area (Å²) in [6.07, 6.45) is 0. The van der Waals surface area contributed by atoms with Gasteiger partial charge in [-0.25, -0.2) is 8.42 Å². The minimum Gasteiger partial charge on any atom is -0.497 e. The number of hydrogen-bond acceptors (Lipinski definition) is 4. The topological polar surface area (TPSA) is 69.4 Å². The minimum absolute atomic E-state index is 0.0308. The lowest BCUT2D eigenvalue weighted by Crippen LogP contribution is -2.34. The van der Waals surface area contributed by atoms with Gasteiger partial charge in [-0.2, -0.15) is 0 Å². The van der Waals surface area contributed by atoms with Crippen LogP contribution in [0.1, 0.15) is 13.8 Å². The van der Waals surface area contributed by atoms with Gasteiger partial charge in [-0.3, -0.25) is 0 Å². The van der Waals surface area contributed by atoms with Crippen molar-refractivity contribution in [1.29, 1.82) is 0 Å². The molecule has 0 saturated heterocycles. The van der Waals surface area contributed by atoms with Crippen molar-refractivity contribution in [2.75, 3.05) is 12.9 Å². The van der Waals surface area contributed by atoms with Gasteiger partial charge in [0, 0.05) is 6.04 Å². The lowest BCUT2D eigenvalue weighted by molar-refractivity contribution is 0.414. The highest BCUT2D eigenvalue weighted by molar-refractivity contribution is 7.91. The Kier molecular flexibility index (Phi) is 4.54. The summed E-state index contributed by atoms with van der Waals surface area (Å²) in [5, 5.41) is 0. The predicted octanol–water partition coefficient (Wildman–Crippen LogP) is 1.45. The predicted molar refractivity (Wildman–Crippen MR) is 67.9 cm³/mol. The molecule has 0 amide bonds. The van der Waals surface area contributed by atoms with Crippen LogP contribution >= 0.6 is 0 Å². The van der Waals surface area contributed by atoms with Crippen LogP contribution in [0.2, 0.25) is 0 Å². The molecular formula is C12H19NO3S. The zero-order valence-corrected chi connectivity index (χ0v) is 11.2. The van der Waals surface area contributed by atoms with E-state index in [9.17, 15) is 8.42 Å². The highest BCUT2D eigenvalue weighted by atomic mass is 32.2. The molecule has 0 aliphatic heterocycles. The number of benzene rings is 1. The van der Waals surface area contributed by atoms with Gasteiger partial charge in [-0.15, -0.1) is 0 Å². The second-order valence-electron chi connectivity index (χ2n) is 4.36. The van der Waals surface area contributed by atoms with Crippen molar-refractivity contribution in [3.63, 3.8) is 0 Å². The summed E-state index contributed by atoms with van der Waals surface area (Å²) in [6, 6.07) is 6.01. The second kappa shape index (κ2) is 5.51. The largest absolute Gasteiger partial charge is 0.497 e. The summed E-state index contributed by atoms with van der Waals surface area (Å²) in [5.41, 5.74) is 5.79. The van der Waals surface area contributed by atoms with E-state index in [2.05, 4.69) is 0 Å². The number of ether oxygens (including phenoxy) is 1. The lowest BCUT2D eigenvalue weighted by atomic mass is 10.1. The van der Waals surface area contributed by atoms with Crippen LogP contribution in [0.4, 0.5) is 0 Å². The van der Waals surface area contributed by atoms with Gasteiger partial charge < -0.3 is 10.5 Å². The van der Waals surface area contributed by atoms with Crippen LogP contribution in [0.3, 0.4) is 0 Å². The van der Waals surface area contributed by atoms with Gasteiger partial charge >= 0.3 is 0 Å². The van der Waals surface area contributed by atoms with Crippen LogP contribution in [0.5, 0.6) is 5.75 Å². The molecule has 1 aromatic rings. The lowest BCUT2D eigenvalue weighted by Gasteiger charge is -2.15. The van der Waals surface area contributed by atoms with Crippen LogP contribution in [-0.2, 0) is 9.84 Å². The van der Waals surface area contributed by atoms with Crippen molar-refractivity contribution in [1.82, 2.24) is 0 Å². The number of rotatable bonds is 5. The maximum Gasteiger partial charge on any atom is 0.179 e. The molecule has 0 heterocycles. The van der Waals surface area contributed by atoms with Gasteiger partial charge in [-0.05, 0) is 30.2 Å². The van der Waals surface area contributed by atoms with Gasteiger partial charge in [-0.1, -0.05) is 13.8 Å². The van der Waals surface area contributed by atoms with Crippen molar-refractivity contribution in [2.24, 2.45) is 11.7 Å². The average Bonchev–Trinajstić information content (AvgIpc) is 2.28. The molecule has 4 nitrogen and oxygen atoms in total. The van der Waals surface area contributed by atoms with E-state index in [0.717, 1.165) is 0 Å². The summed E-state index contributed by atoms with van der Waals surface area (Å²) < 4.78 is 29.0. The molecule has 0 spiro atoms. The molecule has 0 aliphatic rings. The van der Waals surface area contributed by atoms with Crippen molar-refractivity contribution in [3.05, 3.63) is 24.3 Å². The molecule has 17 heavy (non-hydrogen) atoms. The normalized spacial score (nSPS) is 13.7. The number of nitrogens with two attached hydrogens (primary N) is 1. The molecule has 1 unspecified atom stereocenters. The van der Waals surface area contributed by atoms with E-state index in [4.69, 9.17) is 10.5 Å². The van der Waals surface area contributed by atoms with Gasteiger partial charge in [0.05, 0.1) is 17.8 Å².